The van der Waals surface area contributed by atoms with Gasteiger partial charge in [0.05, 0.1) is 0 Å². The summed E-state index contributed by atoms with van der Waals surface area (Å²) < 4.78 is 5.34. The highest BCUT2D eigenvalue weighted by Gasteiger charge is 1.95. The van der Waals surface area contributed by atoms with Gasteiger partial charge in [-0.15, -0.1) is 0 Å². The molecule has 0 saturated heterocycles. The Morgan fingerprint density at radius 1 is 1.56 bits per heavy atom. The third kappa shape index (κ3) is 1.52. The van der Waals surface area contributed by atoms with Crippen LogP contribution in [0.1, 0.15) is 12.7 Å². The van der Waals surface area contributed by atoms with Crippen LogP contribution in [0.3, 0.4) is 0 Å². The summed E-state index contributed by atoms with van der Waals surface area (Å²) in [4.78, 5) is 0. The first-order chi connectivity index (χ1) is 4.36. The Hall–Kier alpha value is -0.370. The topological polar surface area (TPSA) is 13.1 Å². The number of hydrogen-bond acceptors (Lipinski definition) is 2. The normalized spacial score (nSPS) is 10.0. The van der Waals surface area contributed by atoms with Gasteiger partial charge in [0.2, 0.25) is 0 Å². The average Bonchev–Trinajstić information content (AvgIpc) is 2.34. The largest absolute Gasteiger partial charge is 0.455 e. The first-order valence-electron chi connectivity index (χ1n) is 2.99. The van der Waals surface area contributed by atoms with Crippen molar-refractivity contribution < 1.29 is 4.42 Å². The summed E-state index contributed by atoms with van der Waals surface area (Å²) in [7, 11) is 0. The lowest BCUT2D eigenvalue weighted by molar-refractivity contribution is 0.436. The van der Waals surface area contributed by atoms with Gasteiger partial charge in [-0.2, -0.15) is 0 Å². The van der Waals surface area contributed by atoms with Crippen molar-refractivity contribution in [3.05, 3.63) is 17.9 Å². The molecule has 0 saturated carbocycles. The second-order valence-corrected chi connectivity index (χ2v) is 2.59. The summed E-state index contributed by atoms with van der Waals surface area (Å²) in [6.07, 6.45) is 3.00. The molecule has 0 aliphatic carbocycles. The Kier molecular flexibility index (Phi) is 2.22. The number of furan rings is 1. The summed E-state index contributed by atoms with van der Waals surface area (Å²) in [5, 5.41) is 1.01. The predicted molar refractivity (Wildman–Crippen MR) is 39.9 cm³/mol. The molecule has 0 amide bonds. The standard InChI is InChI=1S/C7H10OS/c1-3-6-4-5-7(8-6)9-2/h4-5H,3H2,1-2H3. The highest BCUT2D eigenvalue weighted by molar-refractivity contribution is 7.98. The monoisotopic (exact) mass is 142 g/mol. The molecule has 0 radical (unpaired) electrons. The molecule has 1 aromatic heterocycles. The van der Waals surface area contributed by atoms with E-state index in [9.17, 15) is 0 Å². The number of thioether (sulfide) groups is 1. The van der Waals surface area contributed by atoms with E-state index in [1.165, 1.54) is 0 Å². The van der Waals surface area contributed by atoms with Gasteiger partial charge in [-0.3, -0.25) is 0 Å². The molecule has 0 spiro atoms. The zero-order chi connectivity index (χ0) is 6.69. The maximum Gasteiger partial charge on any atom is 0.160 e. The fourth-order valence-electron chi connectivity index (χ4n) is 0.658. The van der Waals surface area contributed by atoms with E-state index in [1.54, 1.807) is 11.8 Å². The molecule has 0 atom stereocenters. The van der Waals surface area contributed by atoms with Crippen molar-refractivity contribution in [3.8, 4) is 0 Å². The predicted octanol–water partition coefficient (Wildman–Crippen LogP) is 2.56. The van der Waals surface area contributed by atoms with E-state index in [4.69, 9.17) is 4.42 Å². The first kappa shape index (κ1) is 6.75. The zero-order valence-electron chi connectivity index (χ0n) is 5.68. The van der Waals surface area contributed by atoms with Crippen LogP contribution in [0, 0.1) is 0 Å². The average molecular weight is 142 g/mol. The van der Waals surface area contributed by atoms with Gasteiger partial charge in [-0.1, -0.05) is 18.7 Å². The smallest absolute Gasteiger partial charge is 0.160 e. The molecule has 0 aliphatic rings. The minimum absolute atomic E-state index is 0.987. The van der Waals surface area contributed by atoms with Crippen LogP contribution >= 0.6 is 11.8 Å². The van der Waals surface area contributed by atoms with Crippen molar-refractivity contribution in [2.24, 2.45) is 0 Å². The third-order valence-electron chi connectivity index (χ3n) is 1.19. The van der Waals surface area contributed by atoms with Crippen molar-refractivity contribution in [2.45, 2.75) is 18.4 Å². The lowest BCUT2D eigenvalue weighted by Gasteiger charge is -1.86. The number of hydrogen-bond donors (Lipinski definition) is 0. The Morgan fingerprint density at radius 2 is 2.33 bits per heavy atom. The van der Waals surface area contributed by atoms with Crippen LogP contribution in [0.5, 0.6) is 0 Å². The molecule has 0 aromatic carbocycles. The van der Waals surface area contributed by atoms with Crippen molar-refractivity contribution >= 4 is 11.8 Å². The molecule has 0 aliphatic heterocycles. The molecule has 1 nitrogen and oxygen atoms in total. The van der Waals surface area contributed by atoms with E-state index in [0.29, 0.717) is 0 Å². The summed E-state index contributed by atoms with van der Waals surface area (Å²) in [5.41, 5.74) is 0. The van der Waals surface area contributed by atoms with Crippen LogP contribution in [0.15, 0.2) is 21.6 Å². The molecule has 0 unspecified atom stereocenters. The molecule has 0 N–H and O–H groups in total. The fraction of sp³-hybridized carbons (Fsp3) is 0.429. The molecular formula is C7H10OS. The molecule has 0 bridgehead atoms. The summed E-state index contributed by atoms with van der Waals surface area (Å²) in [6, 6.07) is 4.02. The molecule has 1 aromatic rings. The number of aryl methyl sites for hydroxylation is 1. The van der Waals surface area contributed by atoms with Gasteiger partial charge in [0.25, 0.3) is 0 Å². The second kappa shape index (κ2) is 2.97. The summed E-state index contributed by atoms with van der Waals surface area (Å²) in [6.45, 7) is 2.09. The third-order valence-corrected chi connectivity index (χ3v) is 1.81. The van der Waals surface area contributed by atoms with E-state index in [2.05, 4.69) is 6.92 Å². The lowest BCUT2D eigenvalue weighted by atomic mass is 10.4. The lowest BCUT2D eigenvalue weighted by Crippen LogP contribution is -1.67. The van der Waals surface area contributed by atoms with Crippen LogP contribution in [0.2, 0.25) is 0 Å². The zero-order valence-corrected chi connectivity index (χ0v) is 6.49. The molecule has 0 fully saturated rings. The maximum absolute atomic E-state index is 5.34. The fourth-order valence-corrected chi connectivity index (χ4v) is 1.05. The van der Waals surface area contributed by atoms with Gasteiger partial charge in [-0.25, -0.2) is 0 Å². The summed E-state index contributed by atoms with van der Waals surface area (Å²) in [5.74, 6) is 1.07. The maximum atomic E-state index is 5.34. The van der Waals surface area contributed by atoms with Crippen molar-refractivity contribution in [1.29, 1.82) is 0 Å². The van der Waals surface area contributed by atoms with E-state index in [0.717, 1.165) is 17.3 Å². The van der Waals surface area contributed by atoms with E-state index in [1.807, 2.05) is 18.4 Å². The minimum Gasteiger partial charge on any atom is -0.455 e. The van der Waals surface area contributed by atoms with Gasteiger partial charge >= 0.3 is 0 Å². The van der Waals surface area contributed by atoms with E-state index < -0.39 is 0 Å². The summed E-state index contributed by atoms with van der Waals surface area (Å²) >= 11 is 1.64. The van der Waals surface area contributed by atoms with Crippen LogP contribution in [-0.2, 0) is 6.42 Å². The van der Waals surface area contributed by atoms with E-state index >= 15 is 0 Å². The molecule has 1 rings (SSSR count). The van der Waals surface area contributed by atoms with Crippen molar-refractivity contribution in [3.63, 3.8) is 0 Å². The molecule has 1 heterocycles. The highest BCUT2D eigenvalue weighted by atomic mass is 32.2. The van der Waals surface area contributed by atoms with Gasteiger partial charge in [-0.05, 0) is 18.4 Å². The van der Waals surface area contributed by atoms with Gasteiger partial charge in [0.1, 0.15) is 5.76 Å². The van der Waals surface area contributed by atoms with E-state index in [-0.39, 0.29) is 0 Å². The van der Waals surface area contributed by atoms with Gasteiger partial charge < -0.3 is 4.42 Å². The Labute approximate surface area is 59.4 Å². The van der Waals surface area contributed by atoms with Crippen molar-refractivity contribution in [1.82, 2.24) is 0 Å². The minimum atomic E-state index is 0.987. The Balaban J connectivity index is 2.74. The van der Waals surface area contributed by atoms with Crippen LogP contribution in [0.25, 0.3) is 0 Å². The molecule has 2 heteroatoms. The van der Waals surface area contributed by atoms with Crippen LogP contribution < -0.4 is 0 Å². The van der Waals surface area contributed by atoms with Gasteiger partial charge in [0.15, 0.2) is 5.09 Å². The Bertz CT molecular complexity index is 162. The SMILES string of the molecule is CCc1ccc(SC)o1. The second-order valence-electron chi connectivity index (χ2n) is 1.78. The van der Waals surface area contributed by atoms with Crippen LogP contribution in [-0.4, -0.2) is 6.26 Å². The highest BCUT2D eigenvalue weighted by Crippen LogP contribution is 2.17. The molecule has 9 heavy (non-hydrogen) atoms. The molecular weight excluding hydrogens is 132 g/mol. The molecule has 50 valence electrons. The quantitative estimate of drug-likeness (QED) is 0.589. The Morgan fingerprint density at radius 3 is 2.67 bits per heavy atom. The van der Waals surface area contributed by atoms with Crippen LogP contribution in [0.4, 0.5) is 0 Å². The van der Waals surface area contributed by atoms with Gasteiger partial charge in [0, 0.05) is 6.42 Å². The van der Waals surface area contributed by atoms with Crippen molar-refractivity contribution in [2.75, 3.05) is 6.26 Å². The number of rotatable bonds is 2. The first-order valence-corrected chi connectivity index (χ1v) is 4.22.